The number of nitrogens with zero attached hydrogens (tertiary/aromatic N) is 1. The Morgan fingerprint density at radius 3 is 2.25 bits per heavy atom. The number of hydrogen-bond acceptors (Lipinski definition) is 5. The predicted molar refractivity (Wildman–Crippen MR) is 95.2 cm³/mol. The molecule has 1 aliphatic heterocycles. The molecule has 7 atom stereocenters. The highest BCUT2D eigenvalue weighted by Gasteiger charge is 2.71. The van der Waals surface area contributed by atoms with Crippen molar-refractivity contribution < 1.29 is 32.6 Å². The van der Waals surface area contributed by atoms with Gasteiger partial charge < -0.3 is 14.4 Å². The Morgan fingerprint density at radius 2 is 1.75 bits per heavy atom. The van der Waals surface area contributed by atoms with Gasteiger partial charge in [0.15, 0.2) is 6.10 Å². The second-order valence-electron chi connectivity index (χ2n) is 9.04. The third-order valence-electron chi connectivity index (χ3n) is 6.47. The lowest BCUT2D eigenvalue weighted by molar-refractivity contribution is -0.180. The van der Waals surface area contributed by atoms with Crippen LogP contribution in [0.3, 0.4) is 0 Å². The molecule has 0 spiro atoms. The first kappa shape index (κ1) is 21.0. The van der Waals surface area contributed by atoms with E-state index in [1.54, 1.807) is 18.7 Å². The maximum Gasteiger partial charge on any atom is 0.310 e. The van der Waals surface area contributed by atoms with Crippen LogP contribution in [0.25, 0.3) is 0 Å². The van der Waals surface area contributed by atoms with Gasteiger partial charge >= 0.3 is 11.9 Å². The number of fused-ring (bicyclic) bond motifs is 1. The summed E-state index contributed by atoms with van der Waals surface area (Å²) in [6.07, 6.45) is -1.65. The normalized spacial score (nSPS) is 35.1. The minimum absolute atomic E-state index is 0.113. The highest BCUT2D eigenvalue weighted by atomic mass is 19.3. The molecule has 6 nitrogen and oxygen atoms in total. The van der Waals surface area contributed by atoms with E-state index >= 15 is 0 Å². The maximum atomic E-state index is 13.5. The molecule has 158 valence electrons. The molecule has 0 radical (unpaired) electrons. The van der Waals surface area contributed by atoms with Crippen molar-refractivity contribution in [2.45, 2.75) is 78.2 Å². The first-order valence-corrected chi connectivity index (χ1v) is 9.97. The van der Waals surface area contributed by atoms with Crippen LogP contribution in [0.5, 0.6) is 0 Å². The zero-order chi connectivity index (χ0) is 21.1. The number of halogens is 2. The van der Waals surface area contributed by atoms with Gasteiger partial charge in [-0.25, -0.2) is 8.78 Å². The summed E-state index contributed by atoms with van der Waals surface area (Å²) in [5, 5.41) is 0. The summed E-state index contributed by atoms with van der Waals surface area (Å²) in [6.45, 7) is 9.02. The predicted octanol–water partition coefficient (Wildman–Crippen LogP) is 2.64. The summed E-state index contributed by atoms with van der Waals surface area (Å²) < 4.78 is 37.8. The smallest absolute Gasteiger partial charge is 0.310 e. The lowest BCUT2D eigenvalue weighted by Gasteiger charge is -2.36. The molecule has 2 aliphatic carbocycles. The Labute approximate surface area is 163 Å². The summed E-state index contributed by atoms with van der Waals surface area (Å²) in [5.74, 6) is -6.84. The topological polar surface area (TPSA) is 72.9 Å². The van der Waals surface area contributed by atoms with Gasteiger partial charge in [-0.2, -0.15) is 0 Å². The number of carbonyl (C=O) groups is 3. The fourth-order valence-electron chi connectivity index (χ4n) is 5.05. The molecule has 1 saturated heterocycles. The quantitative estimate of drug-likeness (QED) is 0.640. The van der Waals surface area contributed by atoms with Gasteiger partial charge in [-0.1, -0.05) is 13.8 Å². The van der Waals surface area contributed by atoms with Crippen molar-refractivity contribution >= 4 is 17.8 Å². The first-order valence-electron chi connectivity index (χ1n) is 9.97. The second kappa shape index (κ2) is 6.95. The third kappa shape index (κ3) is 3.18. The van der Waals surface area contributed by atoms with Gasteiger partial charge in [0.1, 0.15) is 6.10 Å². The molecule has 1 heterocycles. The molecule has 0 aromatic rings. The molecule has 0 N–H and O–H groups in total. The average Bonchev–Trinajstić information content (AvgIpc) is 3.15. The zero-order valence-corrected chi connectivity index (χ0v) is 17.1. The fourth-order valence-corrected chi connectivity index (χ4v) is 5.05. The molecule has 3 fully saturated rings. The number of amides is 1. The van der Waals surface area contributed by atoms with Gasteiger partial charge in [0.05, 0.1) is 23.8 Å². The molecule has 2 bridgehead atoms. The van der Waals surface area contributed by atoms with Crippen molar-refractivity contribution in [1.82, 2.24) is 4.90 Å². The van der Waals surface area contributed by atoms with E-state index in [2.05, 4.69) is 0 Å². The van der Waals surface area contributed by atoms with Crippen molar-refractivity contribution in [3.63, 3.8) is 0 Å². The lowest BCUT2D eigenvalue weighted by atomic mass is 9.78. The molecule has 3 aliphatic rings. The highest BCUT2D eigenvalue weighted by molar-refractivity contribution is 5.90. The molecule has 3 rings (SSSR count). The largest absolute Gasteiger partial charge is 0.460 e. The van der Waals surface area contributed by atoms with Gasteiger partial charge in [-0.05, 0) is 33.1 Å². The van der Waals surface area contributed by atoms with Gasteiger partial charge in [-0.3, -0.25) is 14.4 Å². The number of rotatable bonds is 6. The van der Waals surface area contributed by atoms with Crippen LogP contribution in [0.4, 0.5) is 8.78 Å². The molecule has 8 heteroatoms. The van der Waals surface area contributed by atoms with E-state index in [1.807, 2.05) is 13.8 Å². The number of alkyl halides is 2. The Bertz CT molecular complexity index is 674. The fraction of sp³-hybridized carbons (Fsp3) is 0.850. The summed E-state index contributed by atoms with van der Waals surface area (Å²) in [4.78, 5) is 39.8. The monoisotopic (exact) mass is 401 g/mol. The van der Waals surface area contributed by atoms with Crippen molar-refractivity contribution in [3.8, 4) is 0 Å². The maximum absolute atomic E-state index is 13.5. The summed E-state index contributed by atoms with van der Waals surface area (Å²) in [6, 6.07) is -0.378. The minimum atomic E-state index is -3.18. The molecule has 0 aromatic heterocycles. The van der Waals surface area contributed by atoms with Gasteiger partial charge in [0, 0.05) is 18.9 Å². The van der Waals surface area contributed by atoms with Gasteiger partial charge in [0.25, 0.3) is 5.92 Å². The standard InChI is InChI=1S/C20H29F2NO5/c1-8(2)18(25)28-16-12-7-11-13(17(24)23(9(3)4)15(11)16)14(12)19(26)27-10(5)20(6,21)22/h8-16H,7H2,1-6H3. The van der Waals surface area contributed by atoms with Crippen LogP contribution in [-0.4, -0.2) is 53.0 Å². The van der Waals surface area contributed by atoms with Crippen molar-refractivity contribution in [2.75, 3.05) is 0 Å². The van der Waals surface area contributed by atoms with Crippen LogP contribution in [0.2, 0.25) is 0 Å². The minimum Gasteiger partial charge on any atom is -0.460 e. The number of carbonyl (C=O) groups excluding carboxylic acids is 3. The Morgan fingerprint density at radius 1 is 1.14 bits per heavy atom. The number of hydrogen-bond donors (Lipinski definition) is 0. The zero-order valence-electron chi connectivity index (χ0n) is 17.1. The molecule has 7 unspecified atom stereocenters. The Kier molecular flexibility index (Phi) is 5.21. The SMILES string of the molecule is CC(C)C(=O)OC1C2CC3C(C(=O)N(C(C)C)C31)C2C(=O)OC(C)C(C)(F)F. The number of ether oxygens (including phenoxy) is 2. The average molecular weight is 401 g/mol. The van der Waals surface area contributed by atoms with Crippen LogP contribution >= 0.6 is 0 Å². The third-order valence-corrected chi connectivity index (χ3v) is 6.47. The van der Waals surface area contributed by atoms with E-state index in [1.165, 1.54) is 0 Å². The van der Waals surface area contributed by atoms with Crippen molar-refractivity contribution in [3.05, 3.63) is 0 Å². The summed E-state index contributed by atoms with van der Waals surface area (Å²) in [5.41, 5.74) is 0. The molecule has 28 heavy (non-hydrogen) atoms. The van der Waals surface area contributed by atoms with Crippen LogP contribution in [0.15, 0.2) is 0 Å². The Hall–Kier alpha value is -1.73. The van der Waals surface area contributed by atoms with Crippen molar-refractivity contribution in [2.24, 2.45) is 29.6 Å². The van der Waals surface area contributed by atoms with Gasteiger partial charge in [0.2, 0.25) is 5.91 Å². The van der Waals surface area contributed by atoms with E-state index < -0.39 is 41.9 Å². The molecule has 0 aromatic carbocycles. The highest BCUT2D eigenvalue weighted by Crippen LogP contribution is 2.60. The summed E-state index contributed by atoms with van der Waals surface area (Å²) in [7, 11) is 0. The van der Waals surface area contributed by atoms with Crippen LogP contribution in [-0.2, 0) is 23.9 Å². The Balaban J connectivity index is 1.90. The van der Waals surface area contributed by atoms with Crippen molar-refractivity contribution in [1.29, 1.82) is 0 Å². The number of likely N-dealkylation sites (tertiary alicyclic amines) is 1. The van der Waals surface area contributed by atoms with Gasteiger partial charge in [-0.15, -0.1) is 0 Å². The van der Waals surface area contributed by atoms with Crippen LogP contribution < -0.4 is 0 Å². The van der Waals surface area contributed by atoms with E-state index in [9.17, 15) is 23.2 Å². The first-order chi connectivity index (χ1) is 12.9. The van der Waals surface area contributed by atoms with E-state index in [-0.39, 0.29) is 35.7 Å². The second-order valence-corrected chi connectivity index (χ2v) is 9.04. The molecule has 2 saturated carbocycles. The lowest BCUT2D eigenvalue weighted by Crippen LogP contribution is -2.49. The van der Waals surface area contributed by atoms with E-state index in [0.717, 1.165) is 6.92 Å². The summed E-state index contributed by atoms with van der Waals surface area (Å²) >= 11 is 0. The van der Waals surface area contributed by atoms with Crippen LogP contribution in [0.1, 0.15) is 48.0 Å². The van der Waals surface area contributed by atoms with E-state index in [0.29, 0.717) is 13.3 Å². The molecule has 1 amide bonds. The van der Waals surface area contributed by atoms with Crippen LogP contribution in [0, 0.1) is 29.6 Å². The van der Waals surface area contributed by atoms with E-state index in [4.69, 9.17) is 9.47 Å². The molecular weight excluding hydrogens is 372 g/mol. The molecular formula is C20H29F2NO5. The number of esters is 2.